The lowest BCUT2D eigenvalue weighted by atomic mass is 10.0. The SMILES string of the molecule is N#Cc1[nH]nnc1-c1cccc(-c2ccc(O)c(Cl)c2)c1. The monoisotopic (exact) mass is 296 g/mol. The van der Waals surface area contributed by atoms with Gasteiger partial charge in [0.1, 0.15) is 17.5 Å². The van der Waals surface area contributed by atoms with Gasteiger partial charge in [-0.1, -0.05) is 41.1 Å². The van der Waals surface area contributed by atoms with Crippen molar-refractivity contribution in [2.75, 3.05) is 0 Å². The van der Waals surface area contributed by atoms with Crippen molar-refractivity contribution in [1.29, 1.82) is 5.26 Å². The van der Waals surface area contributed by atoms with Crippen molar-refractivity contribution in [3.63, 3.8) is 0 Å². The maximum absolute atomic E-state index is 9.47. The molecule has 102 valence electrons. The minimum absolute atomic E-state index is 0.0415. The van der Waals surface area contributed by atoms with Crippen LogP contribution in [0.1, 0.15) is 5.69 Å². The molecule has 0 aliphatic carbocycles. The smallest absolute Gasteiger partial charge is 0.163 e. The first kappa shape index (κ1) is 13.2. The van der Waals surface area contributed by atoms with E-state index in [4.69, 9.17) is 16.9 Å². The lowest BCUT2D eigenvalue weighted by Crippen LogP contribution is -1.85. The van der Waals surface area contributed by atoms with Crippen LogP contribution in [-0.2, 0) is 0 Å². The van der Waals surface area contributed by atoms with Crippen LogP contribution >= 0.6 is 11.6 Å². The number of rotatable bonds is 2. The molecule has 0 spiro atoms. The number of phenols is 1. The number of nitrogens with one attached hydrogen (secondary N) is 1. The first-order chi connectivity index (χ1) is 10.2. The molecule has 0 saturated carbocycles. The number of nitriles is 1. The summed E-state index contributed by atoms with van der Waals surface area (Å²) < 4.78 is 0. The topological polar surface area (TPSA) is 85.6 Å². The second-order valence-corrected chi connectivity index (χ2v) is 4.80. The molecule has 6 heteroatoms. The van der Waals surface area contributed by atoms with Crippen molar-refractivity contribution in [2.24, 2.45) is 0 Å². The Balaban J connectivity index is 2.08. The summed E-state index contributed by atoms with van der Waals surface area (Å²) in [7, 11) is 0. The largest absolute Gasteiger partial charge is 0.506 e. The molecule has 0 amide bonds. The molecule has 0 fully saturated rings. The van der Waals surface area contributed by atoms with Gasteiger partial charge >= 0.3 is 0 Å². The molecule has 0 atom stereocenters. The Morgan fingerprint density at radius 3 is 2.62 bits per heavy atom. The quantitative estimate of drug-likeness (QED) is 0.759. The third-order valence-corrected chi connectivity index (χ3v) is 3.38. The maximum Gasteiger partial charge on any atom is 0.163 e. The minimum atomic E-state index is 0.0415. The van der Waals surface area contributed by atoms with Crippen molar-refractivity contribution in [1.82, 2.24) is 15.4 Å². The van der Waals surface area contributed by atoms with Crippen molar-refractivity contribution < 1.29 is 5.11 Å². The molecule has 0 radical (unpaired) electrons. The number of hydrogen-bond donors (Lipinski definition) is 2. The van der Waals surface area contributed by atoms with Crippen molar-refractivity contribution in [2.45, 2.75) is 0 Å². The second-order valence-electron chi connectivity index (χ2n) is 4.39. The van der Waals surface area contributed by atoms with Crippen LogP contribution in [-0.4, -0.2) is 20.5 Å². The van der Waals surface area contributed by atoms with E-state index in [2.05, 4.69) is 15.4 Å². The standard InChI is InChI=1S/C15H9ClN4O/c16-12-7-10(4-5-14(12)21)9-2-1-3-11(6-9)15-13(8-17)18-20-19-15/h1-7,21H,(H,18,19,20). The Bertz CT molecular complexity index is 851. The summed E-state index contributed by atoms with van der Waals surface area (Å²) in [6.45, 7) is 0. The van der Waals surface area contributed by atoms with E-state index in [1.165, 1.54) is 0 Å². The molecule has 0 saturated heterocycles. The lowest BCUT2D eigenvalue weighted by Gasteiger charge is -2.05. The van der Waals surface area contributed by atoms with E-state index >= 15 is 0 Å². The molecule has 0 bridgehead atoms. The highest BCUT2D eigenvalue weighted by molar-refractivity contribution is 6.32. The zero-order valence-corrected chi connectivity index (χ0v) is 11.5. The van der Waals surface area contributed by atoms with Gasteiger partial charge in [0.05, 0.1) is 5.02 Å². The van der Waals surface area contributed by atoms with Crippen LogP contribution in [0, 0.1) is 11.3 Å². The van der Waals surface area contributed by atoms with E-state index in [1.807, 2.05) is 30.3 Å². The average molecular weight is 297 g/mol. The molecule has 21 heavy (non-hydrogen) atoms. The summed E-state index contributed by atoms with van der Waals surface area (Å²) in [5.74, 6) is 0.0415. The van der Waals surface area contributed by atoms with Crippen LogP contribution in [0.25, 0.3) is 22.4 Å². The fourth-order valence-electron chi connectivity index (χ4n) is 2.04. The van der Waals surface area contributed by atoms with Gasteiger partial charge in [0.25, 0.3) is 0 Å². The Kier molecular flexibility index (Phi) is 3.30. The van der Waals surface area contributed by atoms with Crippen LogP contribution in [0.2, 0.25) is 5.02 Å². The predicted octanol–water partition coefficient (Wildman–Crippen LogP) is 3.37. The predicted molar refractivity (Wildman–Crippen MR) is 78.6 cm³/mol. The summed E-state index contributed by atoms with van der Waals surface area (Å²) in [6.07, 6.45) is 0. The van der Waals surface area contributed by atoms with Gasteiger partial charge in [-0.2, -0.15) is 5.26 Å². The van der Waals surface area contributed by atoms with E-state index < -0.39 is 0 Å². The second kappa shape index (κ2) is 5.27. The molecule has 0 aliphatic heterocycles. The summed E-state index contributed by atoms with van der Waals surface area (Å²) in [4.78, 5) is 0. The number of hydrogen-bond acceptors (Lipinski definition) is 4. The molecule has 2 aromatic carbocycles. The molecular weight excluding hydrogens is 288 g/mol. The van der Waals surface area contributed by atoms with Gasteiger partial charge in [0.15, 0.2) is 5.69 Å². The Labute approximate surface area is 125 Å². The van der Waals surface area contributed by atoms with Gasteiger partial charge < -0.3 is 5.11 Å². The molecular formula is C15H9ClN4O. The number of phenolic OH excluding ortho intramolecular Hbond substituents is 1. The first-order valence-electron chi connectivity index (χ1n) is 6.09. The summed E-state index contributed by atoms with van der Waals surface area (Å²) >= 11 is 5.93. The van der Waals surface area contributed by atoms with Crippen LogP contribution in [0.15, 0.2) is 42.5 Å². The summed E-state index contributed by atoms with van der Waals surface area (Å²) in [5.41, 5.74) is 3.37. The summed E-state index contributed by atoms with van der Waals surface area (Å²) in [5, 5.41) is 28.9. The van der Waals surface area contributed by atoms with Crippen LogP contribution < -0.4 is 0 Å². The molecule has 2 N–H and O–H groups in total. The van der Waals surface area contributed by atoms with E-state index in [0.717, 1.165) is 16.7 Å². The number of aromatic nitrogens is 3. The highest BCUT2D eigenvalue weighted by Gasteiger charge is 2.10. The van der Waals surface area contributed by atoms with Crippen LogP contribution in [0.5, 0.6) is 5.75 Å². The molecule has 3 rings (SSSR count). The Morgan fingerprint density at radius 1 is 1.10 bits per heavy atom. The van der Waals surface area contributed by atoms with Crippen LogP contribution in [0.4, 0.5) is 0 Å². The molecule has 1 heterocycles. The molecule has 1 aromatic heterocycles. The van der Waals surface area contributed by atoms with Gasteiger partial charge in [-0.25, -0.2) is 5.10 Å². The van der Waals surface area contributed by atoms with Crippen molar-refractivity contribution >= 4 is 11.6 Å². The Morgan fingerprint density at radius 2 is 1.86 bits per heavy atom. The van der Waals surface area contributed by atoms with Gasteiger partial charge in [-0.3, -0.25) is 0 Å². The zero-order chi connectivity index (χ0) is 14.8. The zero-order valence-electron chi connectivity index (χ0n) is 10.7. The number of benzene rings is 2. The fraction of sp³-hybridized carbons (Fsp3) is 0. The number of nitrogens with zero attached hydrogens (tertiary/aromatic N) is 3. The van der Waals surface area contributed by atoms with E-state index in [-0.39, 0.29) is 10.8 Å². The van der Waals surface area contributed by atoms with Crippen molar-refractivity contribution in [3.05, 3.63) is 53.2 Å². The third-order valence-electron chi connectivity index (χ3n) is 3.08. The van der Waals surface area contributed by atoms with Gasteiger partial charge in [-0.15, -0.1) is 5.10 Å². The third kappa shape index (κ3) is 2.45. The number of H-pyrrole nitrogens is 1. The highest BCUT2D eigenvalue weighted by Crippen LogP contribution is 2.31. The number of aromatic amines is 1. The van der Waals surface area contributed by atoms with E-state index in [0.29, 0.717) is 11.4 Å². The van der Waals surface area contributed by atoms with Crippen LogP contribution in [0.3, 0.4) is 0 Å². The highest BCUT2D eigenvalue weighted by atomic mass is 35.5. The normalized spacial score (nSPS) is 10.3. The molecule has 3 aromatic rings. The first-order valence-corrected chi connectivity index (χ1v) is 6.47. The summed E-state index contributed by atoms with van der Waals surface area (Å²) in [6, 6.07) is 14.5. The number of halogens is 1. The molecule has 5 nitrogen and oxygen atoms in total. The fourth-order valence-corrected chi connectivity index (χ4v) is 2.22. The minimum Gasteiger partial charge on any atom is -0.506 e. The molecule has 0 unspecified atom stereocenters. The van der Waals surface area contributed by atoms with Gasteiger partial charge in [-0.05, 0) is 29.3 Å². The number of aromatic hydroxyl groups is 1. The Hall–Kier alpha value is -2.84. The van der Waals surface area contributed by atoms with Gasteiger partial charge in [0, 0.05) is 5.56 Å². The molecule has 0 aliphatic rings. The lowest BCUT2D eigenvalue weighted by molar-refractivity contribution is 0.475. The van der Waals surface area contributed by atoms with E-state index in [9.17, 15) is 5.11 Å². The van der Waals surface area contributed by atoms with E-state index in [1.54, 1.807) is 18.2 Å². The average Bonchev–Trinajstić information content (AvgIpc) is 2.99. The maximum atomic E-state index is 9.47. The van der Waals surface area contributed by atoms with Crippen molar-refractivity contribution in [3.8, 4) is 34.2 Å². The van der Waals surface area contributed by atoms with Gasteiger partial charge in [0.2, 0.25) is 0 Å².